The molecule has 0 unspecified atom stereocenters. The molecule has 0 saturated carbocycles. The Labute approximate surface area is 157 Å². The van der Waals surface area contributed by atoms with Gasteiger partial charge in [-0.05, 0) is 53.7 Å². The minimum atomic E-state index is 0.510. The van der Waals surface area contributed by atoms with Crippen LogP contribution in [0.1, 0.15) is 11.5 Å². The Bertz CT molecular complexity index is 1030. The zero-order chi connectivity index (χ0) is 17.9. The maximum Gasteiger partial charge on any atom is 0.247 e. The molecule has 0 fully saturated rings. The molecule has 0 bridgehead atoms. The van der Waals surface area contributed by atoms with Crippen LogP contribution in [0, 0.1) is 0 Å². The summed E-state index contributed by atoms with van der Waals surface area (Å²) in [7, 11) is 2.04. The zero-order valence-corrected chi connectivity index (χ0v) is 15.1. The van der Waals surface area contributed by atoms with E-state index in [1.165, 1.54) is 16.3 Å². The highest BCUT2D eigenvalue weighted by molar-refractivity contribution is 6.30. The molecule has 5 heteroatoms. The summed E-state index contributed by atoms with van der Waals surface area (Å²) in [6.07, 6.45) is 0. The maximum absolute atomic E-state index is 5.91. The molecule has 0 amide bonds. The highest BCUT2D eigenvalue weighted by Gasteiger charge is 2.11. The summed E-state index contributed by atoms with van der Waals surface area (Å²) in [5, 5.41) is 11.5. The summed E-state index contributed by atoms with van der Waals surface area (Å²) >= 11 is 5.91. The fourth-order valence-electron chi connectivity index (χ4n) is 2.96. The normalized spacial score (nSPS) is 11.3. The van der Waals surface area contributed by atoms with E-state index < -0.39 is 0 Å². The predicted molar refractivity (Wildman–Crippen MR) is 104 cm³/mol. The Balaban J connectivity index is 1.44. The van der Waals surface area contributed by atoms with Crippen molar-refractivity contribution in [1.29, 1.82) is 0 Å². The van der Waals surface area contributed by atoms with Gasteiger partial charge >= 0.3 is 0 Å². The number of rotatable bonds is 5. The summed E-state index contributed by atoms with van der Waals surface area (Å²) in [5.74, 6) is 1.11. The average molecular weight is 364 g/mol. The third-order valence-electron chi connectivity index (χ3n) is 4.23. The van der Waals surface area contributed by atoms with Crippen molar-refractivity contribution in [3.63, 3.8) is 0 Å². The van der Waals surface area contributed by atoms with Gasteiger partial charge < -0.3 is 4.42 Å². The van der Waals surface area contributed by atoms with Crippen LogP contribution in [0.25, 0.3) is 22.2 Å². The topological polar surface area (TPSA) is 42.2 Å². The van der Waals surface area contributed by atoms with Crippen molar-refractivity contribution in [3.05, 3.63) is 83.2 Å². The van der Waals surface area contributed by atoms with Gasteiger partial charge in [0.15, 0.2) is 0 Å². The van der Waals surface area contributed by atoms with Gasteiger partial charge in [-0.25, -0.2) is 0 Å². The average Bonchev–Trinajstić information content (AvgIpc) is 3.10. The summed E-state index contributed by atoms with van der Waals surface area (Å²) in [4.78, 5) is 2.16. The van der Waals surface area contributed by atoms with Crippen molar-refractivity contribution < 1.29 is 4.42 Å². The molecule has 1 aromatic heterocycles. The Hall–Kier alpha value is -2.69. The lowest BCUT2D eigenvalue weighted by atomic mass is 10.1. The lowest BCUT2D eigenvalue weighted by Gasteiger charge is -2.14. The van der Waals surface area contributed by atoms with Crippen LogP contribution in [0.3, 0.4) is 0 Å². The van der Waals surface area contributed by atoms with Crippen molar-refractivity contribution >= 4 is 22.4 Å². The Kier molecular flexibility index (Phi) is 4.69. The summed E-state index contributed by atoms with van der Waals surface area (Å²) in [6.45, 7) is 1.40. The molecule has 4 nitrogen and oxygen atoms in total. The second-order valence-electron chi connectivity index (χ2n) is 6.36. The molecule has 0 aliphatic heterocycles. The van der Waals surface area contributed by atoms with Crippen molar-refractivity contribution in [2.24, 2.45) is 0 Å². The fraction of sp³-hybridized carbons (Fsp3) is 0.143. The molecule has 0 aliphatic carbocycles. The molecular weight excluding hydrogens is 346 g/mol. The van der Waals surface area contributed by atoms with Gasteiger partial charge in [-0.2, -0.15) is 0 Å². The van der Waals surface area contributed by atoms with E-state index >= 15 is 0 Å². The highest BCUT2D eigenvalue weighted by atomic mass is 35.5. The summed E-state index contributed by atoms with van der Waals surface area (Å²) < 4.78 is 5.78. The molecule has 0 N–H and O–H groups in total. The molecule has 1 heterocycles. The first-order valence-corrected chi connectivity index (χ1v) is 8.80. The van der Waals surface area contributed by atoms with Gasteiger partial charge in [0.25, 0.3) is 0 Å². The van der Waals surface area contributed by atoms with Crippen LogP contribution in [0.15, 0.2) is 71.1 Å². The molecular formula is C21H18ClN3O. The molecule has 0 aliphatic rings. The fourth-order valence-corrected chi connectivity index (χ4v) is 3.09. The van der Waals surface area contributed by atoms with Crippen LogP contribution < -0.4 is 0 Å². The van der Waals surface area contributed by atoms with E-state index in [1.54, 1.807) is 0 Å². The first kappa shape index (κ1) is 16.8. The second-order valence-corrected chi connectivity index (χ2v) is 6.80. The van der Waals surface area contributed by atoms with Crippen LogP contribution >= 0.6 is 11.6 Å². The van der Waals surface area contributed by atoms with E-state index in [-0.39, 0.29) is 0 Å². The van der Waals surface area contributed by atoms with Gasteiger partial charge in [-0.1, -0.05) is 48.0 Å². The summed E-state index contributed by atoms with van der Waals surface area (Å²) in [6, 6.07) is 22.3. The number of aromatic nitrogens is 2. The van der Waals surface area contributed by atoms with Crippen molar-refractivity contribution in [1.82, 2.24) is 15.1 Å². The SMILES string of the molecule is CN(Cc1ccc2ccccc2c1)Cc1nnc(-c2ccc(Cl)cc2)o1. The number of fused-ring (bicyclic) bond motifs is 1. The predicted octanol–water partition coefficient (Wildman–Crippen LogP) is 5.18. The molecule has 0 atom stereocenters. The Morgan fingerprint density at radius 2 is 1.65 bits per heavy atom. The smallest absolute Gasteiger partial charge is 0.247 e. The molecule has 26 heavy (non-hydrogen) atoms. The largest absolute Gasteiger partial charge is 0.419 e. The standard InChI is InChI=1S/C21H18ClN3O/c1-25(13-15-6-7-16-4-2-3-5-18(16)12-15)14-20-23-24-21(26-20)17-8-10-19(22)11-9-17/h2-12H,13-14H2,1H3. The third-order valence-corrected chi connectivity index (χ3v) is 4.48. The number of hydrogen-bond acceptors (Lipinski definition) is 4. The van der Waals surface area contributed by atoms with E-state index in [0.717, 1.165) is 12.1 Å². The van der Waals surface area contributed by atoms with Gasteiger partial charge in [0.2, 0.25) is 11.8 Å². The van der Waals surface area contributed by atoms with Crippen LogP contribution in [0.2, 0.25) is 5.02 Å². The highest BCUT2D eigenvalue weighted by Crippen LogP contribution is 2.21. The minimum Gasteiger partial charge on any atom is -0.419 e. The Morgan fingerprint density at radius 1 is 0.885 bits per heavy atom. The molecule has 4 aromatic rings. The molecule has 4 rings (SSSR count). The zero-order valence-electron chi connectivity index (χ0n) is 14.4. The minimum absolute atomic E-state index is 0.510. The lowest BCUT2D eigenvalue weighted by molar-refractivity contribution is 0.283. The maximum atomic E-state index is 5.91. The van der Waals surface area contributed by atoms with Gasteiger partial charge in [0, 0.05) is 17.1 Å². The molecule has 0 spiro atoms. The van der Waals surface area contributed by atoms with E-state index in [0.29, 0.717) is 23.3 Å². The molecule has 3 aromatic carbocycles. The van der Waals surface area contributed by atoms with Gasteiger partial charge in [0.05, 0.1) is 6.54 Å². The van der Waals surface area contributed by atoms with Gasteiger partial charge in [-0.3, -0.25) is 4.90 Å². The summed E-state index contributed by atoms with van der Waals surface area (Å²) in [5.41, 5.74) is 2.12. The Morgan fingerprint density at radius 3 is 2.46 bits per heavy atom. The van der Waals surface area contributed by atoms with Crippen molar-refractivity contribution in [2.45, 2.75) is 13.1 Å². The third kappa shape index (κ3) is 3.77. The number of benzene rings is 3. The van der Waals surface area contributed by atoms with Gasteiger partial charge in [0.1, 0.15) is 0 Å². The molecule has 0 saturated heterocycles. The van der Waals surface area contributed by atoms with E-state index in [1.807, 2.05) is 31.3 Å². The van der Waals surface area contributed by atoms with E-state index in [9.17, 15) is 0 Å². The van der Waals surface area contributed by atoms with Gasteiger partial charge in [-0.15, -0.1) is 10.2 Å². The molecule has 0 radical (unpaired) electrons. The molecule has 130 valence electrons. The van der Waals surface area contributed by atoms with Crippen LogP contribution in [-0.4, -0.2) is 22.1 Å². The number of hydrogen-bond donors (Lipinski definition) is 0. The first-order valence-electron chi connectivity index (χ1n) is 8.42. The van der Waals surface area contributed by atoms with Crippen LogP contribution in [0.5, 0.6) is 0 Å². The van der Waals surface area contributed by atoms with Crippen molar-refractivity contribution in [2.75, 3.05) is 7.05 Å². The quantitative estimate of drug-likeness (QED) is 0.490. The van der Waals surface area contributed by atoms with Crippen molar-refractivity contribution in [3.8, 4) is 11.5 Å². The lowest BCUT2D eigenvalue weighted by Crippen LogP contribution is -2.17. The monoisotopic (exact) mass is 363 g/mol. The number of nitrogens with zero attached hydrogens (tertiary/aromatic N) is 3. The first-order chi connectivity index (χ1) is 12.7. The van der Waals surface area contributed by atoms with Crippen LogP contribution in [0.4, 0.5) is 0 Å². The van der Waals surface area contributed by atoms with Crippen LogP contribution in [-0.2, 0) is 13.1 Å². The van der Waals surface area contributed by atoms with E-state index in [4.69, 9.17) is 16.0 Å². The van der Waals surface area contributed by atoms with E-state index in [2.05, 4.69) is 57.6 Å². The second kappa shape index (κ2) is 7.28. The number of halogens is 1.